The van der Waals surface area contributed by atoms with Crippen LogP contribution < -0.4 is 54.4 Å². The summed E-state index contributed by atoms with van der Waals surface area (Å²) in [4.78, 5) is 121. The molecular weight excluding hydrogens is 1060 g/mol. The highest BCUT2D eigenvalue weighted by Gasteiger charge is 2.36. The monoisotopic (exact) mass is 1130 g/mol. The number of unbranched alkanes of at least 4 members (excludes halogenated alkanes) is 1. The second-order valence-electron chi connectivity index (χ2n) is 20.1. The maximum Gasteiger partial charge on any atom is 0.244 e. The number of amides is 8. The maximum absolute atomic E-state index is 14.9. The predicted molar refractivity (Wildman–Crippen MR) is 309 cm³/mol. The standard InChI is InChI=1S/C57H70N12O9S2/c1-32(2)49-57(78)68-48(55(76)64-44(50(60)71)26-35-28-61-41-16-8-6-14-38(35)41)31-80-79-30-47(67-51(72)40(59)24-33-12-4-3-5-13-33)56(77)65-45(25-34-19-21-37(70)22-20-34)53(74)66-46(27-36-29-62-42-17-9-7-15-39(36)42)54(75)63-43(52(73)69-49)18-10-11-23-58/h3-9,12-17,19-22,28-29,32,40,43-49,61-62,70H,10-11,18,23-27,30-31,58-59H2,1-2H3,(H2,60,71)(H,63,75)(H,64,76)(H,65,77)(H,66,74)(H,67,72)(H,68,78)(H,69,73)/t40-,43+,44+,45-,46+,47+,48+,49+/m1/s1. The maximum atomic E-state index is 14.9. The highest BCUT2D eigenvalue weighted by Crippen LogP contribution is 2.25. The first-order chi connectivity index (χ1) is 38.5. The van der Waals surface area contributed by atoms with Crippen molar-refractivity contribution in [2.24, 2.45) is 23.1 Å². The fraction of sp³-hybridized carbons (Fsp3) is 0.368. The van der Waals surface area contributed by atoms with Crippen molar-refractivity contribution in [1.29, 1.82) is 0 Å². The predicted octanol–water partition coefficient (Wildman–Crippen LogP) is 2.01. The molecule has 4 aromatic carbocycles. The number of aromatic amines is 2. The van der Waals surface area contributed by atoms with E-state index >= 15 is 0 Å². The van der Waals surface area contributed by atoms with Crippen molar-refractivity contribution in [3.8, 4) is 5.75 Å². The molecule has 0 radical (unpaired) electrons. The Balaban J connectivity index is 1.25. The Morgan fingerprint density at radius 1 is 0.637 bits per heavy atom. The zero-order valence-corrected chi connectivity index (χ0v) is 46.1. The molecule has 7 rings (SSSR count). The number of phenolic OH excluding ortho intramolecular Hbond substituents is 1. The van der Waals surface area contributed by atoms with Crippen LogP contribution in [-0.2, 0) is 64.0 Å². The average molecular weight is 1130 g/mol. The number of carbonyl (C=O) groups is 8. The smallest absolute Gasteiger partial charge is 0.244 e. The van der Waals surface area contributed by atoms with Crippen molar-refractivity contribution in [1.82, 2.24) is 47.2 Å². The first-order valence-corrected chi connectivity index (χ1v) is 29.0. The Kier molecular flexibility index (Phi) is 21.6. The molecule has 1 saturated heterocycles. The van der Waals surface area contributed by atoms with Crippen LogP contribution in [0.15, 0.2) is 116 Å². The molecule has 0 unspecified atom stereocenters. The second kappa shape index (κ2) is 28.9. The molecule has 1 aliphatic heterocycles. The third-order valence-electron chi connectivity index (χ3n) is 13.8. The van der Waals surface area contributed by atoms with E-state index in [0.717, 1.165) is 49.0 Å². The molecule has 0 bridgehead atoms. The summed E-state index contributed by atoms with van der Waals surface area (Å²) in [6.45, 7) is 3.68. The van der Waals surface area contributed by atoms with Gasteiger partial charge in [-0.1, -0.05) is 114 Å². The topological polar surface area (TPSA) is 351 Å². The molecule has 2 aromatic heterocycles. The number of primary amides is 1. The summed E-state index contributed by atoms with van der Waals surface area (Å²) in [5.41, 5.74) is 22.4. The van der Waals surface area contributed by atoms with Gasteiger partial charge < -0.3 is 69.5 Å². The number of phenols is 1. The average Bonchev–Trinajstić information content (AvgIpc) is 4.06. The highest BCUT2D eigenvalue weighted by atomic mass is 33.1. The van der Waals surface area contributed by atoms with Crippen LogP contribution in [0.1, 0.15) is 55.4 Å². The van der Waals surface area contributed by atoms with E-state index in [1.807, 2.05) is 66.7 Å². The summed E-state index contributed by atoms with van der Waals surface area (Å²) in [7, 11) is 2.13. The minimum Gasteiger partial charge on any atom is -0.508 e. The first-order valence-electron chi connectivity index (χ1n) is 26.5. The number of fused-ring (bicyclic) bond motifs is 2. The summed E-state index contributed by atoms with van der Waals surface area (Å²) in [5.74, 6) is -7.07. The second-order valence-corrected chi connectivity index (χ2v) is 22.7. The molecule has 23 heteroatoms. The number of aromatic nitrogens is 2. The SMILES string of the molecule is CC(C)[C@@H]1NC(=O)[C@H](CCCCN)NC(=O)[C@H](Cc2c[nH]c3ccccc23)NC(=O)[C@@H](Cc2ccc(O)cc2)NC(=O)[C@@H](NC(=O)[C@H](N)Cc2ccccc2)CSSC[C@@H](C(=O)N[C@@H](Cc2c[nH]c3ccccc23)C(N)=O)NC1=O. The lowest BCUT2D eigenvalue weighted by Crippen LogP contribution is -2.61. The first kappa shape index (κ1) is 59.8. The van der Waals surface area contributed by atoms with Crippen LogP contribution in [0.5, 0.6) is 5.75 Å². The van der Waals surface area contributed by atoms with Crippen molar-refractivity contribution < 1.29 is 43.5 Å². The Morgan fingerprint density at radius 2 is 1.21 bits per heavy atom. The normalized spacial score (nSPS) is 20.8. The van der Waals surface area contributed by atoms with Crippen LogP contribution in [-0.4, -0.2) is 129 Å². The minimum absolute atomic E-state index is 0.00683. The van der Waals surface area contributed by atoms with Crippen LogP contribution in [0.3, 0.4) is 0 Å². The Morgan fingerprint density at radius 3 is 1.86 bits per heavy atom. The summed E-state index contributed by atoms with van der Waals surface area (Å²) >= 11 is 0. The van der Waals surface area contributed by atoms with E-state index < -0.39 is 102 Å². The molecule has 424 valence electrons. The molecule has 1 fully saturated rings. The Labute approximate surface area is 471 Å². The number of rotatable bonds is 18. The molecule has 80 heavy (non-hydrogen) atoms. The lowest BCUT2D eigenvalue weighted by molar-refractivity contribution is -0.136. The van der Waals surface area contributed by atoms with E-state index in [2.05, 4.69) is 47.2 Å². The number of hydrogen-bond donors (Lipinski definition) is 13. The van der Waals surface area contributed by atoms with Gasteiger partial charge in [-0.05, 0) is 84.7 Å². The number of carbonyl (C=O) groups excluding carboxylic acids is 8. The molecule has 8 amide bonds. The van der Waals surface area contributed by atoms with Crippen molar-refractivity contribution in [2.45, 2.75) is 107 Å². The number of nitrogens with one attached hydrogen (secondary N) is 9. The van der Waals surface area contributed by atoms with E-state index in [0.29, 0.717) is 29.5 Å². The van der Waals surface area contributed by atoms with Crippen molar-refractivity contribution in [3.63, 3.8) is 0 Å². The minimum atomic E-state index is -1.40. The Hall–Kier alpha value is -7.86. The molecule has 8 atom stereocenters. The van der Waals surface area contributed by atoms with Gasteiger partial charge in [0, 0.05) is 65.0 Å². The van der Waals surface area contributed by atoms with Gasteiger partial charge in [-0.15, -0.1) is 0 Å². The summed E-state index contributed by atoms with van der Waals surface area (Å²) in [5, 5.41) is 31.3. The van der Waals surface area contributed by atoms with Gasteiger partial charge in [-0.25, -0.2) is 0 Å². The van der Waals surface area contributed by atoms with E-state index in [4.69, 9.17) is 17.2 Å². The fourth-order valence-electron chi connectivity index (χ4n) is 9.29. The van der Waals surface area contributed by atoms with Crippen LogP contribution in [0, 0.1) is 5.92 Å². The van der Waals surface area contributed by atoms with Crippen LogP contribution in [0.25, 0.3) is 21.8 Å². The van der Waals surface area contributed by atoms with Gasteiger partial charge in [0.1, 0.15) is 48.0 Å². The zero-order chi connectivity index (χ0) is 57.3. The van der Waals surface area contributed by atoms with E-state index in [-0.39, 0.29) is 55.9 Å². The molecule has 1 aliphatic rings. The quantitative estimate of drug-likeness (QED) is 0.0433. The number of para-hydroxylation sites is 2. The summed E-state index contributed by atoms with van der Waals surface area (Å²) in [6.07, 6.45) is 4.31. The molecule has 6 aromatic rings. The Bertz CT molecular complexity index is 3120. The molecular formula is C57H70N12O9S2. The third kappa shape index (κ3) is 16.6. The van der Waals surface area contributed by atoms with Gasteiger partial charge in [0.15, 0.2) is 0 Å². The molecule has 21 nitrogen and oxygen atoms in total. The third-order valence-corrected chi connectivity index (χ3v) is 16.2. The van der Waals surface area contributed by atoms with E-state index in [9.17, 15) is 43.5 Å². The molecule has 0 aliphatic carbocycles. The van der Waals surface area contributed by atoms with E-state index in [1.54, 1.807) is 50.5 Å². The van der Waals surface area contributed by atoms with Gasteiger partial charge in [0.25, 0.3) is 0 Å². The van der Waals surface area contributed by atoms with Crippen LogP contribution in [0.4, 0.5) is 0 Å². The molecule has 0 saturated carbocycles. The number of aromatic hydroxyl groups is 1. The van der Waals surface area contributed by atoms with Gasteiger partial charge in [0.2, 0.25) is 47.3 Å². The number of H-pyrrole nitrogens is 2. The summed E-state index contributed by atoms with van der Waals surface area (Å²) < 4.78 is 0. The van der Waals surface area contributed by atoms with Crippen molar-refractivity contribution >= 4 is 90.7 Å². The van der Waals surface area contributed by atoms with Crippen LogP contribution >= 0.6 is 21.6 Å². The molecule has 3 heterocycles. The van der Waals surface area contributed by atoms with Crippen LogP contribution in [0.2, 0.25) is 0 Å². The van der Waals surface area contributed by atoms with Gasteiger partial charge >= 0.3 is 0 Å². The fourth-order valence-corrected chi connectivity index (χ4v) is 11.6. The molecule has 16 N–H and O–H groups in total. The number of benzene rings is 4. The van der Waals surface area contributed by atoms with Crippen molar-refractivity contribution in [2.75, 3.05) is 18.1 Å². The number of hydrogen-bond acceptors (Lipinski definition) is 13. The van der Waals surface area contributed by atoms with Gasteiger partial charge in [-0.2, -0.15) is 0 Å². The lowest BCUT2D eigenvalue weighted by atomic mass is 10.00. The largest absolute Gasteiger partial charge is 0.508 e. The lowest BCUT2D eigenvalue weighted by Gasteiger charge is -2.29. The van der Waals surface area contributed by atoms with Gasteiger partial charge in [-0.3, -0.25) is 38.4 Å². The number of nitrogens with two attached hydrogens (primary N) is 3. The van der Waals surface area contributed by atoms with E-state index in [1.165, 1.54) is 12.1 Å². The molecule has 0 spiro atoms. The van der Waals surface area contributed by atoms with Crippen molar-refractivity contribution in [3.05, 3.63) is 138 Å². The summed E-state index contributed by atoms with van der Waals surface area (Å²) in [6, 6.07) is 19.5. The van der Waals surface area contributed by atoms with Gasteiger partial charge in [0.05, 0.1) is 6.04 Å². The zero-order valence-electron chi connectivity index (χ0n) is 44.5. The highest BCUT2D eigenvalue weighted by molar-refractivity contribution is 8.76.